The number of carbonyl (C=O) groups is 1. The van der Waals surface area contributed by atoms with Crippen molar-refractivity contribution in [2.75, 3.05) is 20.3 Å². The predicted molar refractivity (Wildman–Crippen MR) is 154 cm³/mol. The number of benzene rings is 4. The average molecular weight is 540 g/mol. The number of fused-ring (bicyclic) bond motifs is 1. The van der Waals surface area contributed by atoms with Gasteiger partial charge in [0.1, 0.15) is 12.4 Å². The molecular formula is C32H26ClNO5. The molecule has 7 heteroatoms. The van der Waals surface area contributed by atoms with Crippen LogP contribution in [0.5, 0.6) is 5.75 Å². The third-order valence-electron chi connectivity index (χ3n) is 6.46. The maximum atomic E-state index is 13.0. The lowest BCUT2D eigenvalue weighted by atomic mass is 9.97. The van der Waals surface area contributed by atoms with Gasteiger partial charge in [0.05, 0.1) is 18.1 Å². The first-order valence-corrected chi connectivity index (χ1v) is 12.8. The van der Waals surface area contributed by atoms with E-state index in [1.54, 1.807) is 25.3 Å². The third kappa shape index (κ3) is 5.87. The maximum absolute atomic E-state index is 13.0. The van der Waals surface area contributed by atoms with Crippen LogP contribution < -0.4 is 5.56 Å². The van der Waals surface area contributed by atoms with E-state index < -0.39 is 0 Å². The van der Waals surface area contributed by atoms with E-state index in [0.717, 1.165) is 33.2 Å². The highest BCUT2D eigenvalue weighted by Gasteiger charge is 2.13. The Morgan fingerprint density at radius 2 is 1.56 bits per heavy atom. The van der Waals surface area contributed by atoms with Crippen molar-refractivity contribution in [2.45, 2.75) is 6.42 Å². The number of hydrogen-bond donors (Lipinski definition) is 2. The number of aromatic hydroxyl groups is 1. The Hall–Kier alpha value is -4.39. The van der Waals surface area contributed by atoms with Crippen molar-refractivity contribution in [3.05, 3.63) is 112 Å². The molecule has 4 aromatic carbocycles. The second kappa shape index (κ2) is 11.6. The summed E-state index contributed by atoms with van der Waals surface area (Å²) >= 11 is 6.62. The van der Waals surface area contributed by atoms with Crippen LogP contribution in [0.3, 0.4) is 0 Å². The summed E-state index contributed by atoms with van der Waals surface area (Å²) in [4.78, 5) is 28.0. The molecule has 0 aliphatic carbocycles. The van der Waals surface area contributed by atoms with E-state index >= 15 is 0 Å². The number of phenols is 1. The Labute approximate surface area is 230 Å². The molecular weight excluding hydrogens is 514 g/mol. The zero-order valence-corrected chi connectivity index (χ0v) is 22.0. The Morgan fingerprint density at radius 1 is 0.821 bits per heavy atom. The predicted octanol–water partition coefficient (Wildman–Crippen LogP) is 6.62. The Balaban J connectivity index is 1.48. The summed E-state index contributed by atoms with van der Waals surface area (Å²) in [6, 6.07) is 27.8. The molecule has 2 N–H and O–H groups in total. The molecule has 0 aliphatic rings. The van der Waals surface area contributed by atoms with E-state index in [1.165, 1.54) is 0 Å². The maximum Gasteiger partial charge on any atom is 0.310 e. The number of H-pyrrole nitrogens is 1. The van der Waals surface area contributed by atoms with Crippen LogP contribution in [0, 0.1) is 0 Å². The number of pyridine rings is 1. The molecule has 1 heterocycles. The van der Waals surface area contributed by atoms with Crippen LogP contribution in [0.4, 0.5) is 0 Å². The van der Waals surface area contributed by atoms with E-state index in [4.69, 9.17) is 21.1 Å². The smallest absolute Gasteiger partial charge is 0.310 e. The minimum absolute atomic E-state index is 0.0886. The van der Waals surface area contributed by atoms with Gasteiger partial charge in [-0.15, -0.1) is 0 Å². The highest BCUT2D eigenvalue weighted by Crippen LogP contribution is 2.37. The van der Waals surface area contributed by atoms with E-state index in [2.05, 4.69) is 4.98 Å². The zero-order chi connectivity index (χ0) is 27.4. The van der Waals surface area contributed by atoms with E-state index in [9.17, 15) is 14.7 Å². The Morgan fingerprint density at radius 3 is 2.33 bits per heavy atom. The summed E-state index contributed by atoms with van der Waals surface area (Å²) in [6.07, 6.45) is 0.0886. The number of rotatable bonds is 8. The normalized spacial score (nSPS) is 11.0. The van der Waals surface area contributed by atoms with Gasteiger partial charge >= 0.3 is 5.97 Å². The standard InChI is InChI=1S/C32H26ClNO5/c1-38-12-13-39-31(36)15-20-6-5-9-22(14-20)27-17-24-16-26(28(33)19-29(24)34-32(27)37)23-10-11-25(30(35)18-23)21-7-3-2-4-8-21/h2-11,14,16-19,35H,12-13,15H2,1H3,(H,34,37). The van der Waals surface area contributed by atoms with Crippen LogP contribution in [0.2, 0.25) is 5.02 Å². The van der Waals surface area contributed by atoms with E-state index in [1.807, 2.05) is 72.8 Å². The van der Waals surface area contributed by atoms with Crippen molar-refractivity contribution in [3.8, 4) is 39.1 Å². The van der Waals surface area contributed by atoms with Crippen molar-refractivity contribution in [2.24, 2.45) is 0 Å². The van der Waals surface area contributed by atoms with Crippen molar-refractivity contribution < 1.29 is 19.4 Å². The Bertz CT molecular complexity index is 1710. The number of methoxy groups -OCH3 is 1. The van der Waals surface area contributed by atoms with Gasteiger partial charge < -0.3 is 19.6 Å². The quantitative estimate of drug-likeness (QED) is 0.171. The number of aromatic nitrogens is 1. The molecule has 0 aliphatic heterocycles. The summed E-state index contributed by atoms with van der Waals surface area (Å²) in [5.74, 6) is -0.216. The monoisotopic (exact) mass is 539 g/mol. The van der Waals surface area contributed by atoms with E-state index in [-0.39, 0.29) is 30.3 Å². The SMILES string of the molecule is COCCOC(=O)Cc1cccc(-c2cc3cc(-c4ccc(-c5ccccc5)c(O)c4)c(Cl)cc3[nH]c2=O)c1. The average Bonchev–Trinajstić information content (AvgIpc) is 2.93. The first-order chi connectivity index (χ1) is 18.9. The van der Waals surface area contributed by atoms with Gasteiger partial charge in [-0.2, -0.15) is 0 Å². The van der Waals surface area contributed by atoms with E-state index in [0.29, 0.717) is 28.3 Å². The molecule has 0 bridgehead atoms. The summed E-state index contributed by atoms with van der Waals surface area (Å²) in [7, 11) is 1.54. The van der Waals surface area contributed by atoms with Gasteiger partial charge in [-0.25, -0.2) is 0 Å². The fourth-order valence-corrected chi connectivity index (χ4v) is 4.80. The molecule has 6 nitrogen and oxygen atoms in total. The van der Waals surface area contributed by atoms with Gasteiger partial charge in [0, 0.05) is 29.3 Å². The highest BCUT2D eigenvalue weighted by atomic mass is 35.5. The summed E-state index contributed by atoms with van der Waals surface area (Å²) in [6.45, 7) is 0.526. The number of nitrogens with one attached hydrogen (secondary N) is 1. The fourth-order valence-electron chi connectivity index (χ4n) is 4.53. The molecule has 0 atom stereocenters. The Kier molecular flexibility index (Phi) is 7.77. The van der Waals surface area contributed by atoms with Gasteiger partial charge in [-0.1, -0.05) is 78.3 Å². The van der Waals surface area contributed by atoms with Crippen LogP contribution in [0.1, 0.15) is 5.56 Å². The van der Waals surface area contributed by atoms with Gasteiger partial charge in [0.2, 0.25) is 0 Å². The first kappa shape index (κ1) is 26.2. The van der Waals surface area contributed by atoms with Gasteiger partial charge in [-0.3, -0.25) is 9.59 Å². The summed E-state index contributed by atoms with van der Waals surface area (Å²) in [5.41, 5.74) is 5.33. The van der Waals surface area contributed by atoms with Crippen LogP contribution in [0.15, 0.2) is 95.8 Å². The lowest BCUT2D eigenvalue weighted by Crippen LogP contribution is -2.12. The number of halogens is 1. The first-order valence-electron chi connectivity index (χ1n) is 12.4. The molecule has 0 spiro atoms. The number of aromatic amines is 1. The number of phenolic OH excluding ortho intramolecular Hbond substituents is 1. The lowest BCUT2D eigenvalue weighted by molar-refractivity contribution is -0.144. The molecule has 5 rings (SSSR count). The third-order valence-corrected chi connectivity index (χ3v) is 6.78. The topological polar surface area (TPSA) is 88.6 Å². The number of hydrogen-bond acceptors (Lipinski definition) is 5. The number of ether oxygens (including phenoxy) is 2. The molecule has 0 amide bonds. The zero-order valence-electron chi connectivity index (χ0n) is 21.2. The van der Waals surface area contributed by atoms with Crippen molar-refractivity contribution in [1.29, 1.82) is 0 Å². The largest absolute Gasteiger partial charge is 0.507 e. The minimum atomic E-state index is -0.363. The fraction of sp³-hybridized carbons (Fsp3) is 0.125. The van der Waals surface area contributed by atoms with Crippen LogP contribution in [0.25, 0.3) is 44.3 Å². The molecule has 0 fully saturated rings. The minimum Gasteiger partial charge on any atom is -0.507 e. The number of esters is 1. The van der Waals surface area contributed by atoms with Crippen LogP contribution in [-0.2, 0) is 20.7 Å². The molecule has 1 aromatic heterocycles. The van der Waals surface area contributed by atoms with Crippen molar-refractivity contribution in [3.63, 3.8) is 0 Å². The second-order valence-electron chi connectivity index (χ2n) is 9.12. The van der Waals surface area contributed by atoms with Gasteiger partial charge in [0.25, 0.3) is 5.56 Å². The number of carbonyl (C=O) groups excluding carboxylic acids is 1. The second-order valence-corrected chi connectivity index (χ2v) is 9.53. The van der Waals surface area contributed by atoms with Crippen molar-refractivity contribution >= 4 is 28.5 Å². The van der Waals surface area contributed by atoms with Crippen LogP contribution in [-0.4, -0.2) is 36.4 Å². The molecule has 0 unspecified atom stereocenters. The van der Waals surface area contributed by atoms with Crippen LogP contribution >= 0.6 is 11.6 Å². The summed E-state index contributed by atoms with van der Waals surface area (Å²) < 4.78 is 10.1. The molecule has 39 heavy (non-hydrogen) atoms. The molecule has 0 saturated heterocycles. The molecule has 0 saturated carbocycles. The lowest BCUT2D eigenvalue weighted by Gasteiger charge is -2.12. The van der Waals surface area contributed by atoms with Gasteiger partial charge in [-0.05, 0) is 51.9 Å². The molecule has 196 valence electrons. The highest BCUT2D eigenvalue weighted by molar-refractivity contribution is 6.34. The summed E-state index contributed by atoms with van der Waals surface area (Å²) in [5, 5.41) is 12.0. The van der Waals surface area contributed by atoms with Crippen molar-refractivity contribution in [1.82, 2.24) is 4.98 Å². The molecule has 0 radical (unpaired) electrons. The molecule has 5 aromatic rings. The van der Waals surface area contributed by atoms with Gasteiger partial charge in [0.15, 0.2) is 0 Å².